The average molecular weight is 216 g/mol. The molecule has 3 heteroatoms. The lowest BCUT2D eigenvalue weighted by molar-refractivity contribution is 0.147. The van der Waals surface area contributed by atoms with Gasteiger partial charge in [-0.2, -0.15) is 0 Å². The molecule has 0 saturated carbocycles. The molecule has 0 aromatic heterocycles. The highest BCUT2D eigenvalue weighted by molar-refractivity contribution is 4.82. The summed E-state index contributed by atoms with van der Waals surface area (Å²) in [6.07, 6.45) is 3.45. The Morgan fingerprint density at radius 2 is 2.07 bits per heavy atom. The monoisotopic (exact) mass is 216 g/mol. The lowest BCUT2D eigenvalue weighted by atomic mass is 9.98. The molecule has 0 amide bonds. The molecule has 15 heavy (non-hydrogen) atoms. The number of hydrogen-bond acceptors (Lipinski definition) is 3. The van der Waals surface area contributed by atoms with E-state index in [1.807, 2.05) is 7.05 Å². The van der Waals surface area contributed by atoms with Gasteiger partial charge in [0.1, 0.15) is 0 Å². The maximum absolute atomic E-state index is 9.26. The molecule has 2 atom stereocenters. The van der Waals surface area contributed by atoms with E-state index < -0.39 is 0 Å². The molecule has 0 radical (unpaired) electrons. The molecular weight excluding hydrogens is 188 g/mol. The molecule has 0 saturated heterocycles. The van der Waals surface area contributed by atoms with Gasteiger partial charge in [-0.25, -0.2) is 0 Å². The van der Waals surface area contributed by atoms with E-state index in [1.165, 1.54) is 12.8 Å². The molecule has 0 bridgehead atoms. The summed E-state index contributed by atoms with van der Waals surface area (Å²) in [6, 6.07) is 0.634. The quantitative estimate of drug-likeness (QED) is 0.645. The second-order valence-corrected chi connectivity index (χ2v) is 4.84. The molecule has 0 aromatic carbocycles. The number of likely N-dealkylation sites (N-methyl/N-ethyl adjacent to an activating group) is 1. The first-order chi connectivity index (χ1) is 6.99. The van der Waals surface area contributed by atoms with Gasteiger partial charge < -0.3 is 15.3 Å². The van der Waals surface area contributed by atoms with Crippen molar-refractivity contribution < 1.29 is 5.11 Å². The molecule has 0 rings (SSSR count). The fourth-order valence-corrected chi connectivity index (χ4v) is 1.56. The van der Waals surface area contributed by atoms with Crippen molar-refractivity contribution in [3.63, 3.8) is 0 Å². The summed E-state index contributed by atoms with van der Waals surface area (Å²) in [4.78, 5) is 2.37. The van der Waals surface area contributed by atoms with Crippen LogP contribution in [0.1, 0.15) is 40.0 Å². The third-order valence-electron chi connectivity index (χ3n) is 3.43. The third kappa shape index (κ3) is 5.50. The van der Waals surface area contributed by atoms with Crippen molar-refractivity contribution in [2.45, 2.75) is 51.6 Å². The van der Waals surface area contributed by atoms with Crippen LogP contribution in [0.5, 0.6) is 0 Å². The number of nitrogens with zero attached hydrogens (tertiary/aromatic N) is 1. The predicted molar refractivity (Wildman–Crippen MR) is 66.2 cm³/mol. The Kier molecular flexibility index (Phi) is 7.14. The summed E-state index contributed by atoms with van der Waals surface area (Å²) in [5.41, 5.74) is -0.139. The minimum atomic E-state index is -0.139. The van der Waals surface area contributed by atoms with Crippen LogP contribution in [0.2, 0.25) is 0 Å². The molecule has 0 fully saturated rings. The van der Waals surface area contributed by atoms with Crippen molar-refractivity contribution in [1.82, 2.24) is 10.2 Å². The van der Waals surface area contributed by atoms with Crippen LogP contribution in [0, 0.1) is 0 Å². The maximum Gasteiger partial charge on any atom is 0.0610 e. The molecule has 0 heterocycles. The summed E-state index contributed by atoms with van der Waals surface area (Å²) in [7, 11) is 4.07. The van der Waals surface area contributed by atoms with Crippen molar-refractivity contribution >= 4 is 0 Å². The number of rotatable bonds is 8. The Bertz CT molecular complexity index is 158. The molecule has 3 nitrogen and oxygen atoms in total. The first kappa shape index (κ1) is 14.9. The Labute approximate surface area is 94.9 Å². The normalized spacial score (nSPS) is 17.8. The molecule has 0 aromatic rings. The Balaban J connectivity index is 3.92. The van der Waals surface area contributed by atoms with Crippen LogP contribution in [-0.4, -0.2) is 48.8 Å². The number of nitrogens with one attached hydrogen (secondary N) is 1. The molecule has 0 spiro atoms. The van der Waals surface area contributed by atoms with Gasteiger partial charge in [-0.15, -0.1) is 0 Å². The molecular formula is C12H28N2O. The van der Waals surface area contributed by atoms with Crippen LogP contribution < -0.4 is 5.32 Å². The van der Waals surface area contributed by atoms with E-state index in [9.17, 15) is 5.11 Å². The lowest BCUT2D eigenvalue weighted by Crippen LogP contribution is -2.46. The zero-order valence-corrected chi connectivity index (χ0v) is 11.0. The van der Waals surface area contributed by atoms with Crippen molar-refractivity contribution in [3.8, 4) is 0 Å². The summed E-state index contributed by atoms with van der Waals surface area (Å²) >= 11 is 0. The minimum Gasteiger partial charge on any atom is -0.394 e. The van der Waals surface area contributed by atoms with E-state index in [-0.39, 0.29) is 12.1 Å². The van der Waals surface area contributed by atoms with E-state index in [1.54, 1.807) is 0 Å². The number of aliphatic hydroxyl groups is 1. The number of hydrogen-bond donors (Lipinski definition) is 2. The predicted octanol–water partition coefficient (Wildman–Crippen LogP) is 1.47. The van der Waals surface area contributed by atoms with Crippen LogP contribution >= 0.6 is 0 Å². The van der Waals surface area contributed by atoms with Crippen LogP contribution in [-0.2, 0) is 0 Å². The highest BCUT2D eigenvalue weighted by Gasteiger charge is 2.21. The van der Waals surface area contributed by atoms with Gasteiger partial charge in [0.05, 0.1) is 6.61 Å². The van der Waals surface area contributed by atoms with Crippen LogP contribution in [0.3, 0.4) is 0 Å². The van der Waals surface area contributed by atoms with E-state index >= 15 is 0 Å². The largest absolute Gasteiger partial charge is 0.394 e. The van der Waals surface area contributed by atoms with Crippen molar-refractivity contribution in [1.29, 1.82) is 0 Å². The van der Waals surface area contributed by atoms with Crippen LogP contribution in [0.25, 0.3) is 0 Å². The molecule has 0 aliphatic heterocycles. The SMILES string of the molecule is CCCC(C)N(C)CCC(C)(CO)NC. The highest BCUT2D eigenvalue weighted by atomic mass is 16.3. The van der Waals surface area contributed by atoms with Crippen LogP contribution in [0.4, 0.5) is 0 Å². The third-order valence-corrected chi connectivity index (χ3v) is 3.43. The minimum absolute atomic E-state index is 0.139. The zero-order valence-electron chi connectivity index (χ0n) is 11.0. The average Bonchev–Trinajstić information content (AvgIpc) is 2.25. The van der Waals surface area contributed by atoms with Gasteiger partial charge in [0.2, 0.25) is 0 Å². The van der Waals surface area contributed by atoms with Gasteiger partial charge in [-0.05, 0) is 47.3 Å². The second-order valence-electron chi connectivity index (χ2n) is 4.84. The Morgan fingerprint density at radius 1 is 1.47 bits per heavy atom. The molecule has 2 unspecified atom stereocenters. The summed E-state index contributed by atoms with van der Waals surface area (Å²) in [5.74, 6) is 0. The number of aliphatic hydroxyl groups excluding tert-OH is 1. The van der Waals surface area contributed by atoms with E-state index in [4.69, 9.17) is 0 Å². The molecule has 0 aliphatic rings. The summed E-state index contributed by atoms with van der Waals surface area (Å²) in [5, 5.41) is 12.4. The second kappa shape index (κ2) is 7.20. The van der Waals surface area contributed by atoms with Crippen LogP contribution in [0.15, 0.2) is 0 Å². The van der Waals surface area contributed by atoms with Crippen molar-refractivity contribution in [2.75, 3.05) is 27.2 Å². The topological polar surface area (TPSA) is 35.5 Å². The van der Waals surface area contributed by atoms with Gasteiger partial charge >= 0.3 is 0 Å². The van der Waals surface area contributed by atoms with E-state index in [2.05, 4.69) is 38.0 Å². The molecule has 92 valence electrons. The Morgan fingerprint density at radius 3 is 2.47 bits per heavy atom. The molecule has 2 N–H and O–H groups in total. The fourth-order valence-electron chi connectivity index (χ4n) is 1.56. The first-order valence-corrected chi connectivity index (χ1v) is 5.99. The van der Waals surface area contributed by atoms with Gasteiger partial charge in [-0.1, -0.05) is 13.3 Å². The van der Waals surface area contributed by atoms with E-state index in [0.29, 0.717) is 6.04 Å². The van der Waals surface area contributed by atoms with Gasteiger partial charge in [0, 0.05) is 11.6 Å². The zero-order chi connectivity index (χ0) is 11.9. The van der Waals surface area contributed by atoms with E-state index in [0.717, 1.165) is 13.0 Å². The smallest absolute Gasteiger partial charge is 0.0610 e. The van der Waals surface area contributed by atoms with Crippen molar-refractivity contribution in [3.05, 3.63) is 0 Å². The van der Waals surface area contributed by atoms with Gasteiger partial charge in [-0.3, -0.25) is 0 Å². The van der Waals surface area contributed by atoms with Crippen molar-refractivity contribution in [2.24, 2.45) is 0 Å². The summed E-state index contributed by atoms with van der Waals surface area (Å²) in [6.45, 7) is 7.76. The van der Waals surface area contributed by atoms with Gasteiger partial charge in [0.15, 0.2) is 0 Å². The van der Waals surface area contributed by atoms with Gasteiger partial charge in [0.25, 0.3) is 0 Å². The summed E-state index contributed by atoms with van der Waals surface area (Å²) < 4.78 is 0. The fraction of sp³-hybridized carbons (Fsp3) is 1.00. The Hall–Kier alpha value is -0.120. The highest BCUT2D eigenvalue weighted by Crippen LogP contribution is 2.11. The standard InChI is InChI=1S/C12H28N2O/c1-6-7-11(2)14(5)9-8-12(3,10-15)13-4/h11,13,15H,6-10H2,1-5H3. The molecule has 0 aliphatic carbocycles. The maximum atomic E-state index is 9.26. The first-order valence-electron chi connectivity index (χ1n) is 5.99. The lowest BCUT2D eigenvalue weighted by Gasteiger charge is -2.31.